The second-order valence-corrected chi connectivity index (χ2v) is 8.94. The van der Waals surface area contributed by atoms with Crippen LogP contribution in [0.4, 0.5) is 11.4 Å². The summed E-state index contributed by atoms with van der Waals surface area (Å²) in [5.41, 5.74) is 2.76. The normalized spacial score (nSPS) is 15.0. The van der Waals surface area contributed by atoms with Crippen LogP contribution in [0.3, 0.4) is 0 Å². The minimum atomic E-state index is -0.457. The molecule has 0 spiro atoms. The number of hydrogen-bond acceptors (Lipinski definition) is 6. The first-order valence-electron chi connectivity index (χ1n) is 10.8. The van der Waals surface area contributed by atoms with E-state index in [0.717, 1.165) is 54.8 Å². The Labute approximate surface area is 190 Å². The SMILES string of the molecule is CSCC[C@@H](NC(=O)c1cc([N+](=O)[O-])ccc1N1CCCCC1)c1nc2ccccc2[nH]1. The van der Waals surface area contributed by atoms with Crippen molar-refractivity contribution in [2.24, 2.45) is 0 Å². The summed E-state index contributed by atoms with van der Waals surface area (Å²) >= 11 is 1.70. The van der Waals surface area contributed by atoms with Crippen molar-refractivity contribution in [3.8, 4) is 0 Å². The van der Waals surface area contributed by atoms with Gasteiger partial charge in [-0.15, -0.1) is 0 Å². The van der Waals surface area contributed by atoms with Crippen LogP contribution in [0.2, 0.25) is 0 Å². The first-order chi connectivity index (χ1) is 15.6. The number of anilines is 1. The number of amides is 1. The van der Waals surface area contributed by atoms with E-state index < -0.39 is 4.92 Å². The van der Waals surface area contributed by atoms with Crippen molar-refractivity contribution in [3.05, 3.63) is 64.0 Å². The lowest BCUT2D eigenvalue weighted by atomic mass is 10.1. The molecule has 32 heavy (non-hydrogen) atoms. The molecule has 0 aliphatic carbocycles. The van der Waals surface area contributed by atoms with E-state index >= 15 is 0 Å². The van der Waals surface area contributed by atoms with E-state index in [1.807, 2.05) is 30.5 Å². The number of imidazole rings is 1. The second-order valence-electron chi connectivity index (χ2n) is 7.95. The Bertz CT molecular complexity index is 1080. The Balaban J connectivity index is 1.65. The number of nitrogens with zero attached hydrogens (tertiary/aromatic N) is 3. The summed E-state index contributed by atoms with van der Waals surface area (Å²) < 4.78 is 0. The monoisotopic (exact) mass is 453 g/mol. The summed E-state index contributed by atoms with van der Waals surface area (Å²) in [7, 11) is 0. The molecule has 1 saturated heterocycles. The van der Waals surface area contributed by atoms with Gasteiger partial charge in [-0.05, 0) is 55.9 Å². The molecule has 0 radical (unpaired) electrons. The predicted octanol–water partition coefficient (Wildman–Crippen LogP) is 4.69. The number of thioether (sulfide) groups is 1. The third-order valence-corrected chi connectivity index (χ3v) is 6.43. The number of aromatic amines is 1. The van der Waals surface area contributed by atoms with E-state index in [-0.39, 0.29) is 17.6 Å². The average molecular weight is 454 g/mol. The van der Waals surface area contributed by atoms with E-state index in [0.29, 0.717) is 17.8 Å². The van der Waals surface area contributed by atoms with Gasteiger partial charge >= 0.3 is 0 Å². The van der Waals surface area contributed by atoms with Crippen molar-refractivity contribution in [3.63, 3.8) is 0 Å². The molecule has 3 aromatic rings. The number of benzene rings is 2. The number of nitrogens with one attached hydrogen (secondary N) is 2. The van der Waals surface area contributed by atoms with Gasteiger partial charge in [-0.3, -0.25) is 14.9 Å². The minimum Gasteiger partial charge on any atom is -0.371 e. The molecule has 2 N–H and O–H groups in total. The molecule has 8 nitrogen and oxygen atoms in total. The van der Waals surface area contributed by atoms with E-state index in [4.69, 9.17) is 0 Å². The zero-order valence-electron chi connectivity index (χ0n) is 18.0. The van der Waals surface area contributed by atoms with Crippen LogP contribution >= 0.6 is 11.8 Å². The van der Waals surface area contributed by atoms with Crippen molar-refractivity contribution < 1.29 is 9.72 Å². The zero-order valence-corrected chi connectivity index (χ0v) is 18.9. The van der Waals surface area contributed by atoms with Crippen LogP contribution < -0.4 is 10.2 Å². The van der Waals surface area contributed by atoms with E-state index in [1.165, 1.54) is 12.1 Å². The lowest BCUT2D eigenvalue weighted by Crippen LogP contribution is -2.34. The molecule has 1 fully saturated rings. The quantitative estimate of drug-likeness (QED) is 0.379. The fourth-order valence-corrected chi connectivity index (χ4v) is 4.59. The molecule has 0 bridgehead atoms. The molecule has 1 aliphatic rings. The number of piperidine rings is 1. The number of nitro benzene ring substituents is 1. The Morgan fingerprint density at radius 2 is 2.03 bits per heavy atom. The van der Waals surface area contributed by atoms with E-state index in [9.17, 15) is 14.9 Å². The number of para-hydroxylation sites is 2. The lowest BCUT2D eigenvalue weighted by molar-refractivity contribution is -0.384. The standard InChI is InChI=1S/C23H27N5O3S/c1-32-14-11-20(22-24-18-7-3-4-8-19(18)25-22)26-23(29)17-15-16(28(30)31)9-10-21(17)27-12-5-2-6-13-27/h3-4,7-10,15,20H,2,5-6,11-14H2,1H3,(H,24,25)(H,26,29)/t20-/m1/s1. The molecule has 1 aliphatic heterocycles. The number of fused-ring (bicyclic) bond motifs is 1. The number of non-ortho nitro benzene ring substituents is 1. The summed E-state index contributed by atoms with van der Waals surface area (Å²) in [6.07, 6.45) is 5.97. The Hall–Kier alpha value is -3.07. The largest absolute Gasteiger partial charge is 0.371 e. The first-order valence-corrected chi connectivity index (χ1v) is 12.2. The van der Waals surface area contributed by atoms with Crippen molar-refractivity contribution in [1.82, 2.24) is 15.3 Å². The number of rotatable bonds is 8. The summed E-state index contributed by atoms with van der Waals surface area (Å²) in [6.45, 7) is 1.69. The highest BCUT2D eigenvalue weighted by Crippen LogP contribution is 2.29. The van der Waals surface area contributed by atoms with Crippen LogP contribution in [-0.4, -0.2) is 45.9 Å². The Morgan fingerprint density at radius 3 is 2.75 bits per heavy atom. The molecule has 9 heteroatoms. The fourth-order valence-electron chi connectivity index (χ4n) is 4.12. The van der Waals surface area contributed by atoms with Gasteiger partial charge in [0, 0.05) is 25.2 Å². The summed E-state index contributed by atoms with van der Waals surface area (Å²) in [4.78, 5) is 34.5. The third kappa shape index (κ3) is 4.88. The van der Waals surface area contributed by atoms with Crippen LogP contribution in [0.5, 0.6) is 0 Å². The number of nitro groups is 1. The summed E-state index contributed by atoms with van der Waals surface area (Å²) in [5.74, 6) is 1.22. The first kappa shape index (κ1) is 22.1. The number of carbonyl (C=O) groups is 1. The van der Waals surface area contributed by atoms with Crippen molar-refractivity contribution in [2.75, 3.05) is 30.0 Å². The number of H-pyrrole nitrogens is 1. The lowest BCUT2D eigenvalue weighted by Gasteiger charge is -2.30. The van der Waals surface area contributed by atoms with Gasteiger partial charge in [0.05, 0.1) is 33.2 Å². The number of carbonyl (C=O) groups excluding carboxylic acids is 1. The molecule has 1 aromatic heterocycles. The van der Waals surface area contributed by atoms with Gasteiger partial charge in [-0.1, -0.05) is 12.1 Å². The van der Waals surface area contributed by atoms with Crippen LogP contribution in [0.25, 0.3) is 11.0 Å². The van der Waals surface area contributed by atoms with Gasteiger partial charge in [0.25, 0.3) is 11.6 Å². The summed E-state index contributed by atoms with van der Waals surface area (Å²) in [5, 5.41) is 14.5. The molecular formula is C23H27N5O3S. The van der Waals surface area contributed by atoms with Gasteiger partial charge in [0.1, 0.15) is 5.82 Å². The number of hydrogen-bond donors (Lipinski definition) is 2. The topological polar surface area (TPSA) is 104 Å². The van der Waals surface area contributed by atoms with Crippen molar-refractivity contribution >= 4 is 40.1 Å². The molecule has 0 unspecified atom stereocenters. The molecule has 2 heterocycles. The predicted molar refractivity (Wildman–Crippen MR) is 128 cm³/mol. The maximum atomic E-state index is 13.4. The second kappa shape index (κ2) is 10.0. The van der Waals surface area contributed by atoms with Crippen LogP contribution in [0.15, 0.2) is 42.5 Å². The highest BCUT2D eigenvalue weighted by Gasteiger charge is 2.25. The Morgan fingerprint density at radius 1 is 1.25 bits per heavy atom. The fraction of sp³-hybridized carbons (Fsp3) is 0.391. The maximum Gasteiger partial charge on any atom is 0.270 e. The molecule has 0 saturated carbocycles. The smallest absolute Gasteiger partial charge is 0.270 e. The molecule has 4 rings (SSSR count). The van der Waals surface area contributed by atoms with E-state index in [2.05, 4.69) is 20.2 Å². The highest BCUT2D eigenvalue weighted by molar-refractivity contribution is 7.98. The van der Waals surface area contributed by atoms with Gasteiger partial charge in [0.15, 0.2) is 0 Å². The number of aromatic nitrogens is 2. The van der Waals surface area contributed by atoms with Gasteiger partial charge in [-0.2, -0.15) is 11.8 Å². The summed E-state index contributed by atoms with van der Waals surface area (Å²) in [6, 6.07) is 12.0. The van der Waals surface area contributed by atoms with E-state index in [1.54, 1.807) is 17.8 Å². The molecule has 1 atom stereocenters. The zero-order chi connectivity index (χ0) is 22.5. The molecular weight excluding hydrogens is 426 g/mol. The van der Waals surface area contributed by atoms with Gasteiger partial charge < -0.3 is 15.2 Å². The average Bonchev–Trinajstić information content (AvgIpc) is 3.26. The van der Waals surface area contributed by atoms with Crippen molar-refractivity contribution in [1.29, 1.82) is 0 Å². The Kier molecular flexibility index (Phi) is 6.94. The highest BCUT2D eigenvalue weighted by atomic mass is 32.2. The molecule has 168 valence electrons. The minimum absolute atomic E-state index is 0.0830. The molecule has 2 aromatic carbocycles. The van der Waals surface area contributed by atoms with Crippen LogP contribution in [0.1, 0.15) is 47.9 Å². The van der Waals surface area contributed by atoms with Crippen molar-refractivity contribution in [2.45, 2.75) is 31.7 Å². The maximum absolute atomic E-state index is 13.4. The van der Waals surface area contributed by atoms with Crippen LogP contribution in [-0.2, 0) is 0 Å². The third-order valence-electron chi connectivity index (χ3n) is 5.79. The van der Waals surface area contributed by atoms with Gasteiger partial charge in [-0.25, -0.2) is 4.98 Å². The van der Waals surface area contributed by atoms with Crippen LogP contribution in [0, 0.1) is 10.1 Å². The van der Waals surface area contributed by atoms with Gasteiger partial charge in [0.2, 0.25) is 0 Å². The molecule has 1 amide bonds.